The Morgan fingerprint density at radius 1 is 1.11 bits per heavy atom. The van der Waals surface area contributed by atoms with Crippen molar-refractivity contribution in [3.05, 3.63) is 82.3 Å². The van der Waals surface area contributed by atoms with Gasteiger partial charge in [-0.05, 0) is 43.7 Å². The van der Waals surface area contributed by atoms with Crippen molar-refractivity contribution >= 4 is 29.1 Å². The molecule has 27 heavy (non-hydrogen) atoms. The third-order valence-electron chi connectivity index (χ3n) is 4.53. The molecule has 2 aromatic carbocycles. The Bertz CT molecular complexity index is 1020. The molecule has 0 spiro atoms. The summed E-state index contributed by atoms with van der Waals surface area (Å²) < 4.78 is 1.71. The summed E-state index contributed by atoms with van der Waals surface area (Å²) in [5, 5.41) is 11.1. The molecule has 1 unspecified atom stereocenters. The van der Waals surface area contributed by atoms with Crippen LogP contribution in [0.3, 0.4) is 0 Å². The summed E-state index contributed by atoms with van der Waals surface area (Å²) in [7, 11) is 0. The highest BCUT2D eigenvalue weighted by Gasteiger charge is 2.33. The van der Waals surface area contributed by atoms with Crippen molar-refractivity contribution in [3.8, 4) is 0 Å². The summed E-state index contributed by atoms with van der Waals surface area (Å²) in [5.74, 6) is 0.407. The number of carbonyl (C=O) groups is 1. The Balaban J connectivity index is 1.74. The van der Waals surface area contributed by atoms with Gasteiger partial charge in [0.25, 0.3) is 5.91 Å². The molecule has 7 heteroatoms. The quantitative estimate of drug-likeness (QED) is 0.716. The molecule has 1 aromatic heterocycles. The van der Waals surface area contributed by atoms with Gasteiger partial charge in [-0.3, -0.25) is 4.79 Å². The zero-order valence-electron chi connectivity index (χ0n) is 14.9. The second-order valence-corrected chi connectivity index (χ2v) is 6.90. The number of allylic oxidation sites excluding steroid dienone is 1. The lowest BCUT2D eigenvalue weighted by atomic mass is 9.95. The molecular weight excluding hydrogens is 362 g/mol. The molecule has 1 amide bonds. The van der Waals surface area contributed by atoms with E-state index in [1.807, 2.05) is 50.2 Å². The molecule has 0 bridgehead atoms. The Hall–Kier alpha value is -3.12. The lowest BCUT2D eigenvalue weighted by molar-refractivity contribution is -0.113. The molecule has 2 N–H and O–H groups in total. The van der Waals surface area contributed by atoms with Crippen LogP contribution >= 0.6 is 11.6 Å². The number of nitrogens with zero attached hydrogens (tertiary/aromatic N) is 3. The van der Waals surface area contributed by atoms with Gasteiger partial charge in [-0.25, -0.2) is 4.68 Å². The lowest BCUT2D eigenvalue weighted by Crippen LogP contribution is -2.31. The molecular formula is C20H18ClN5O. The van der Waals surface area contributed by atoms with Crippen molar-refractivity contribution < 1.29 is 4.79 Å². The first-order valence-corrected chi connectivity index (χ1v) is 8.91. The Morgan fingerprint density at radius 2 is 1.81 bits per heavy atom. The van der Waals surface area contributed by atoms with Crippen LogP contribution in [0.5, 0.6) is 0 Å². The number of benzene rings is 2. The van der Waals surface area contributed by atoms with Gasteiger partial charge in [-0.15, -0.1) is 0 Å². The van der Waals surface area contributed by atoms with Crippen molar-refractivity contribution in [2.45, 2.75) is 19.9 Å². The molecule has 4 rings (SSSR count). The van der Waals surface area contributed by atoms with Gasteiger partial charge in [0.15, 0.2) is 0 Å². The fourth-order valence-electron chi connectivity index (χ4n) is 3.17. The molecule has 0 radical (unpaired) electrons. The van der Waals surface area contributed by atoms with E-state index in [1.165, 1.54) is 6.33 Å². The van der Waals surface area contributed by atoms with Crippen LogP contribution in [0, 0.1) is 6.92 Å². The zero-order valence-corrected chi connectivity index (χ0v) is 15.7. The van der Waals surface area contributed by atoms with Gasteiger partial charge < -0.3 is 10.6 Å². The van der Waals surface area contributed by atoms with Crippen molar-refractivity contribution in [2.24, 2.45) is 0 Å². The highest BCUT2D eigenvalue weighted by molar-refractivity contribution is 6.30. The van der Waals surface area contributed by atoms with Crippen molar-refractivity contribution in [2.75, 3.05) is 10.6 Å². The number of hydrogen-bond acceptors (Lipinski definition) is 4. The molecule has 136 valence electrons. The third-order valence-corrected chi connectivity index (χ3v) is 4.79. The highest BCUT2D eigenvalue weighted by atomic mass is 35.5. The Morgan fingerprint density at radius 3 is 2.52 bits per heavy atom. The normalized spacial score (nSPS) is 15.9. The number of anilines is 2. The van der Waals surface area contributed by atoms with Crippen LogP contribution < -0.4 is 10.6 Å². The number of fused-ring (bicyclic) bond motifs is 1. The molecule has 1 aliphatic rings. The minimum absolute atomic E-state index is 0.190. The second kappa shape index (κ2) is 6.89. The molecule has 0 fully saturated rings. The van der Waals surface area contributed by atoms with Gasteiger partial charge in [0.2, 0.25) is 5.95 Å². The summed E-state index contributed by atoms with van der Waals surface area (Å²) in [6.45, 7) is 3.87. The predicted molar refractivity (Wildman–Crippen MR) is 106 cm³/mol. The summed E-state index contributed by atoms with van der Waals surface area (Å²) in [5.41, 5.74) is 4.09. The van der Waals surface area contributed by atoms with E-state index in [0.29, 0.717) is 16.5 Å². The summed E-state index contributed by atoms with van der Waals surface area (Å²) in [6, 6.07) is 14.7. The number of hydrogen-bond donors (Lipinski definition) is 2. The Labute approximate surface area is 161 Å². The van der Waals surface area contributed by atoms with Gasteiger partial charge in [0, 0.05) is 16.4 Å². The maximum atomic E-state index is 13.1. The number of aromatic nitrogens is 3. The van der Waals surface area contributed by atoms with Crippen molar-refractivity contribution in [1.82, 2.24) is 14.8 Å². The fourth-order valence-corrected chi connectivity index (χ4v) is 3.30. The number of amides is 1. The van der Waals surface area contributed by atoms with E-state index in [0.717, 1.165) is 22.5 Å². The average molecular weight is 380 g/mol. The van der Waals surface area contributed by atoms with E-state index in [4.69, 9.17) is 11.6 Å². The lowest BCUT2D eigenvalue weighted by Gasteiger charge is -2.28. The SMILES string of the molecule is CC1=C(C(=O)Nc2ccc(C)cc2)C(c2ccc(Cl)cc2)n2ncnc2N1. The van der Waals surface area contributed by atoms with E-state index in [9.17, 15) is 4.79 Å². The predicted octanol–water partition coefficient (Wildman–Crippen LogP) is 4.17. The molecule has 3 aromatic rings. The molecule has 6 nitrogen and oxygen atoms in total. The van der Waals surface area contributed by atoms with Crippen LogP contribution in [0.2, 0.25) is 5.02 Å². The van der Waals surface area contributed by atoms with Crippen molar-refractivity contribution in [3.63, 3.8) is 0 Å². The first-order chi connectivity index (χ1) is 13.0. The molecule has 2 heterocycles. The first-order valence-electron chi connectivity index (χ1n) is 8.54. The maximum Gasteiger partial charge on any atom is 0.255 e. The monoisotopic (exact) mass is 379 g/mol. The van der Waals surface area contributed by atoms with E-state index < -0.39 is 6.04 Å². The molecule has 0 saturated heterocycles. The van der Waals surface area contributed by atoms with Gasteiger partial charge in [-0.1, -0.05) is 41.4 Å². The number of carbonyl (C=O) groups excluding carboxylic acids is 1. The van der Waals surface area contributed by atoms with E-state index in [1.54, 1.807) is 16.8 Å². The van der Waals surface area contributed by atoms with Gasteiger partial charge in [0.1, 0.15) is 12.4 Å². The van der Waals surface area contributed by atoms with Gasteiger partial charge >= 0.3 is 0 Å². The van der Waals surface area contributed by atoms with E-state index in [-0.39, 0.29) is 5.91 Å². The Kier molecular flexibility index (Phi) is 4.41. The van der Waals surface area contributed by atoms with E-state index >= 15 is 0 Å². The zero-order chi connectivity index (χ0) is 19.0. The summed E-state index contributed by atoms with van der Waals surface area (Å²) >= 11 is 6.04. The minimum Gasteiger partial charge on any atom is -0.328 e. The van der Waals surface area contributed by atoms with Crippen LogP contribution in [0.25, 0.3) is 0 Å². The highest BCUT2D eigenvalue weighted by Crippen LogP contribution is 2.35. The number of rotatable bonds is 3. The standard InChI is InChI=1S/C20H18ClN5O/c1-12-3-9-16(10-4-12)25-19(27)17-13(2)24-20-22-11-23-26(20)18(17)14-5-7-15(21)8-6-14/h3-11,18H,1-2H3,(H,25,27)(H,22,23,24). The van der Waals surface area contributed by atoms with Crippen LogP contribution in [0.4, 0.5) is 11.6 Å². The van der Waals surface area contributed by atoms with Crippen LogP contribution in [-0.2, 0) is 4.79 Å². The van der Waals surface area contributed by atoms with Crippen LogP contribution in [0.1, 0.15) is 24.1 Å². The van der Waals surface area contributed by atoms with Gasteiger partial charge in [-0.2, -0.15) is 10.1 Å². The second-order valence-electron chi connectivity index (χ2n) is 6.47. The summed E-state index contributed by atoms with van der Waals surface area (Å²) in [4.78, 5) is 17.4. The van der Waals surface area contributed by atoms with Crippen molar-refractivity contribution in [1.29, 1.82) is 0 Å². The van der Waals surface area contributed by atoms with E-state index in [2.05, 4.69) is 20.7 Å². The number of halogens is 1. The number of aryl methyl sites for hydroxylation is 1. The maximum absolute atomic E-state index is 13.1. The minimum atomic E-state index is -0.397. The topological polar surface area (TPSA) is 71.8 Å². The van der Waals surface area contributed by atoms with Crippen LogP contribution in [0.15, 0.2) is 66.1 Å². The van der Waals surface area contributed by atoms with Crippen LogP contribution in [-0.4, -0.2) is 20.7 Å². The summed E-state index contributed by atoms with van der Waals surface area (Å²) in [6.07, 6.45) is 1.47. The molecule has 0 aliphatic carbocycles. The molecule has 1 aliphatic heterocycles. The third kappa shape index (κ3) is 3.31. The van der Waals surface area contributed by atoms with Gasteiger partial charge in [0.05, 0.1) is 5.57 Å². The molecule has 0 saturated carbocycles. The first kappa shape index (κ1) is 17.3. The molecule has 1 atom stereocenters. The number of nitrogens with one attached hydrogen (secondary N) is 2. The smallest absolute Gasteiger partial charge is 0.255 e. The average Bonchev–Trinajstić information content (AvgIpc) is 3.11. The fraction of sp³-hybridized carbons (Fsp3) is 0.150. The largest absolute Gasteiger partial charge is 0.328 e.